The van der Waals surface area contributed by atoms with Gasteiger partial charge in [-0.3, -0.25) is 0 Å². The first kappa shape index (κ1) is 14.6. The molecule has 1 aromatic heterocycles. The number of aromatic nitrogens is 1. The average Bonchev–Trinajstić information content (AvgIpc) is 2.94. The van der Waals surface area contributed by atoms with E-state index in [0.717, 1.165) is 29.3 Å². The van der Waals surface area contributed by atoms with Gasteiger partial charge in [-0.15, -0.1) is 0 Å². The number of ether oxygens (including phenoxy) is 1. The second kappa shape index (κ2) is 5.91. The van der Waals surface area contributed by atoms with Gasteiger partial charge in [-0.05, 0) is 43.2 Å². The van der Waals surface area contributed by atoms with Crippen LogP contribution in [0.4, 0.5) is 0 Å². The van der Waals surface area contributed by atoms with E-state index in [1.165, 1.54) is 22.2 Å². The van der Waals surface area contributed by atoms with Gasteiger partial charge in [-0.25, -0.2) is 0 Å². The van der Waals surface area contributed by atoms with Crippen molar-refractivity contribution >= 4 is 22.5 Å². The van der Waals surface area contributed by atoms with E-state index in [-0.39, 0.29) is 6.04 Å². The normalized spacial score (nSPS) is 17.2. The summed E-state index contributed by atoms with van der Waals surface area (Å²) < 4.78 is 5.82. The summed E-state index contributed by atoms with van der Waals surface area (Å²) >= 11 is 6.19. The maximum Gasteiger partial charge on any atom is 0.124 e. The van der Waals surface area contributed by atoms with E-state index in [9.17, 15) is 0 Å². The maximum atomic E-state index is 6.19. The van der Waals surface area contributed by atoms with Crippen molar-refractivity contribution in [2.45, 2.75) is 19.4 Å². The van der Waals surface area contributed by atoms with Crippen molar-refractivity contribution < 1.29 is 4.74 Å². The highest BCUT2D eigenvalue weighted by atomic mass is 35.5. The zero-order valence-corrected chi connectivity index (χ0v) is 13.8. The van der Waals surface area contributed by atoms with Crippen molar-refractivity contribution in [3.05, 3.63) is 64.3 Å². The summed E-state index contributed by atoms with van der Waals surface area (Å²) in [5.41, 5.74) is 4.90. The number of nitrogens with one attached hydrogen (secondary N) is 2. The predicted octanol–water partition coefficient (Wildman–Crippen LogP) is 4.46. The van der Waals surface area contributed by atoms with Gasteiger partial charge in [0, 0.05) is 33.7 Å². The molecule has 1 atom stereocenters. The molecule has 0 saturated heterocycles. The number of hydrogen-bond donors (Lipinski definition) is 2. The first-order chi connectivity index (χ1) is 11.3. The van der Waals surface area contributed by atoms with Crippen molar-refractivity contribution in [2.24, 2.45) is 0 Å². The van der Waals surface area contributed by atoms with Gasteiger partial charge in [0.25, 0.3) is 0 Å². The Hall–Kier alpha value is -1.97. The summed E-state index contributed by atoms with van der Waals surface area (Å²) in [6.45, 7) is 3.62. The fraction of sp³-hybridized carbons (Fsp3) is 0.263. The predicted molar refractivity (Wildman–Crippen MR) is 94.5 cm³/mol. The number of hydrogen-bond acceptors (Lipinski definition) is 2. The van der Waals surface area contributed by atoms with E-state index in [1.807, 2.05) is 25.1 Å². The Kier molecular flexibility index (Phi) is 3.76. The molecule has 3 aromatic rings. The Bertz CT molecular complexity index is 856. The van der Waals surface area contributed by atoms with Crippen molar-refractivity contribution in [2.75, 3.05) is 13.2 Å². The summed E-state index contributed by atoms with van der Waals surface area (Å²) in [4.78, 5) is 3.58. The SMILES string of the molecule is CCOc1ccccc1C1NCCc2c1[nH]c1ccc(Cl)cc21. The third kappa shape index (κ3) is 2.50. The number of benzene rings is 2. The van der Waals surface area contributed by atoms with E-state index < -0.39 is 0 Å². The molecule has 3 nitrogen and oxygen atoms in total. The molecular weight excluding hydrogens is 308 g/mol. The maximum absolute atomic E-state index is 6.19. The van der Waals surface area contributed by atoms with Crippen LogP contribution in [0.1, 0.15) is 29.8 Å². The van der Waals surface area contributed by atoms with Crippen LogP contribution in [-0.2, 0) is 6.42 Å². The summed E-state index contributed by atoms with van der Waals surface area (Å²) in [5.74, 6) is 0.942. The smallest absolute Gasteiger partial charge is 0.124 e. The molecule has 0 fully saturated rings. The van der Waals surface area contributed by atoms with Crippen molar-refractivity contribution in [1.29, 1.82) is 0 Å². The molecule has 0 spiro atoms. The van der Waals surface area contributed by atoms with Crippen LogP contribution in [0.25, 0.3) is 10.9 Å². The molecular formula is C19H19ClN2O. The van der Waals surface area contributed by atoms with Gasteiger partial charge in [0.05, 0.1) is 12.6 Å². The standard InChI is InChI=1S/C19H19ClN2O/c1-2-23-17-6-4-3-5-14(17)18-19-13(9-10-21-18)15-11-12(20)7-8-16(15)22-19/h3-8,11,18,21-22H,2,9-10H2,1H3. The molecule has 1 aliphatic rings. The molecule has 118 valence electrons. The molecule has 0 saturated carbocycles. The van der Waals surface area contributed by atoms with Crippen LogP contribution >= 0.6 is 11.6 Å². The quantitative estimate of drug-likeness (QED) is 0.746. The van der Waals surface area contributed by atoms with E-state index >= 15 is 0 Å². The zero-order valence-electron chi connectivity index (χ0n) is 13.0. The third-order valence-electron chi connectivity index (χ3n) is 4.44. The third-order valence-corrected chi connectivity index (χ3v) is 4.68. The van der Waals surface area contributed by atoms with Gasteiger partial charge >= 0.3 is 0 Å². The fourth-order valence-corrected chi connectivity index (χ4v) is 3.64. The van der Waals surface area contributed by atoms with E-state index in [1.54, 1.807) is 0 Å². The Morgan fingerprint density at radius 3 is 2.96 bits per heavy atom. The van der Waals surface area contributed by atoms with Gasteiger partial charge < -0.3 is 15.0 Å². The van der Waals surface area contributed by atoms with E-state index in [4.69, 9.17) is 16.3 Å². The fourth-order valence-electron chi connectivity index (χ4n) is 3.47. The lowest BCUT2D eigenvalue weighted by Crippen LogP contribution is -2.30. The summed E-state index contributed by atoms with van der Waals surface area (Å²) in [6, 6.07) is 14.4. The highest BCUT2D eigenvalue weighted by Crippen LogP contribution is 2.37. The molecule has 1 aliphatic heterocycles. The lowest BCUT2D eigenvalue weighted by atomic mass is 9.94. The van der Waals surface area contributed by atoms with Gasteiger partial charge in [0.15, 0.2) is 0 Å². The Balaban J connectivity index is 1.87. The first-order valence-electron chi connectivity index (χ1n) is 8.03. The molecule has 0 amide bonds. The monoisotopic (exact) mass is 326 g/mol. The molecule has 4 rings (SSSR count). The Morgan fingerprint density at radius 1 is 1.22 bits per heavy atom. The van der Waals surface area contributed by atoms with Crippen LogP contribution in [0.3, 0.4) is 0 Å². The van der Waals surface area contributed by atoms with Crippen molar-refractivity contribution in [3.63, 3.8) is 0 Å². The molecule has 1 unspecified atom stereocenters. The number of rotatable bonds is 3. The second-order valence-electron chi connectivity index (χ2n) is 5.82. The minimum absolute atomic E-state index is 0.118. The number of H-pyrrole nitrogens is 1. The van der Waals surface area contributed by atoms with Crippen molar-refractivity contribution in [3.8, 4) is 5.75 Å². The minimum atomic E-state index is 0.118. The largest absolute Gasteiger partial charge is 0.494 e. The molecule has 0 aliphatic carbocycles. The van der Waals surface area contributed by atoms with Gasteiger partial charge in [-0.1, -0.05) is 29.8 Å². The molecule has 2 aromatic carbocycles. The van der Waals surface area contributed by atoms with Crippen LogP contribution in [-0.4, -0.2) is 18.1 Å². The lowest BCUT2D eigenvalue weighted by molar-refractivity contribution is 0.332. The average molecular weight is 327 g/mol. The minimum Gasteiger partial charge on any atom is -0.494 e. The number of aromatic amines is 1. The van der Waals surface area contributed by atoms with Crippen LogP contribution < -0.4 is 10.1 Å². The Labute approximate surface area is 140 Å². The van der Waals surface area contributed by atoms with Gasteiger partial charge in [0.2, 0.25) is 0 Å². The highest BCUT2D eigenvalue weighted by Gasteiger charge is 2.27. The van der Waals surface area contributed by atoms with Crippen LogP contribution in [0.2, 0.25) is 5.02 Å². The highest BCUT2D eigenvalue weighted by molar-refractivity contribution is 6.31. The van der Waals surface area contributed by atoms with Crippen molar-refractivity contribution in [1.82, 2.24) is 10.3 Å². The molecule has 0 radical (unpaired) electrons. The number of fused-ring (bicyclic) bond motifs is 3. The number of halogens is 1. The molecule has 23 heavy (non-hydrogen) atoms. The van der Waals surface area contributed by atoms with E-state index in [2.05, 4.69) is 34.6 Å². The molecule has 2 heterocycles. The lowest BCUT2D eigenvalue weighted by Gasteiger charge is -2.26. The number of para-hydroxylation sites is 1. The van der Waals surface area contributed by atoms with Gasteiger partial charge in [-0.2, -0.15) is 0 Å². The van der Waals surface area contributed by atoms with Crippen LogP contribution in [0.5, 0.6) is 5.75 Å². The summed E-state index contributed by atoms with van der Waals surface area (Å²) in [6.07, 6.45) is 1.00. The van der Waals surface area contributed by atoms with Crippen LogP contribution in [0, 0.1) is 0 Å². The topological polar surface area (TPSA) is 37.0 Å². The molecule has 4 heteroatoms. The summed E-state index contributed by atoms with van der Waals surface area (Å²) in [7, 11) is 0. The zero-order chi connectivity index (χ0) is 15.8. The van der Waals surface area contributed by atoms with Gasteiger partial charge in [0.1, 0.15) is 5.75 Å². The molecule has 2 N–H and O–H groups in total. The summed E-state index contributed by atoms with van der Waals surface area (Å²) in [5, 5.41) is 5.63. The second-order valence-corrected chi connectivity index (χ2v) is 6.25. The van der Waals surface area contributed by atoms with E-state index in [0.29, 0.717) is 6.61 Å². The first-order valence-corrected chi connectivity index (χ1v) is 8.41. The molecule has 0 bridgehead atoms. The Morgan fingerprint density at radius 2 is 2.09 bits per heavy atom. The van der Waals surface area contributed by atoms with Crippen LogP contribution in [0.15, 0.2) is 42.5 Å².